The van der Waals surface area contributed by atoms with Gasteiger partial charge >= 0.3 is 6.18 Å². The number of halogens is 3. The van der Waals surface area contributed by atoms with E-state index < -0.39 is 17.6 Å². The standard InChI is InChI=1S/C23H19F3N4O2/c1-27-22(32)17-4-2-3-5-19(17)30-20-11-21(28-12-18(20)23(24,25)26)29-15-7-6-13-9-16(31)10-14(13)8-15/h2-8,11-12H,9-10H2,1H3,(H,27,32)(H2,28,29,30). The van der Waals surface area contributed by atoms with Gasteiger partial charge in [0.1, 0.15) is 11.6 Å². The van der Waals surface area contributed by atoms with Crippen LogP contribution in [0.15, 0.2) is 54.7 Å². The van der Waals surface area contributed by atoms with Gasteiger partial charge in [-0.2, -0.15) is 13.2 Å². The molecular formula is C23H19F3N4O2. The predicted molar refractivity (Wildman–Crippen MR) is 114 cm³/mol. The number of hydrogen-bond donors (Lipinski definition) is 3. The van der Waals surface area contributed by atoms with Crippen LogP contribution in [0, 0.1) is 0 Å². The molecule has 3 N–H and O–H groups in total. The van der Waals surface area contributed by atoms with Gasteiger partial charge in [0.2, 0.25) is 0 Å². The Morgan fingerprint density at radius 1 is 0.969 bits per heavy atom. The summed E-state index contributed by atoms with van der Waals surface area (Å²) >= 11 is 0. The normalized spacial score (nSPS) is 12.9. The van der Waals surface area contributed by atoms with Crippen LogP contribution >= 0.6 is 0 Å². The molecule has 1 aliphatic carbocycles. The second-order valence-corrected chi connectivity index (χ2v) is 7.36. The van der Waals surface area contributed by atoms with Crippen LogP contribution in [0.1, 0.15) is 27.0 Å². The number of ketones is 1. The molecule has 164 valence electrons. The summed E-state index contributed by atoms with van der Waals surface area (Å²) in [5.41, 5.74) is 1.68. The molecule has 6 nitrogen and oxygen atoms in total. The molecule has 0 bridgehead atoms. The molecule has 0 fully saturated rings. The quantitative estimate of drug-likeness (QED) is 0.540. The lowest BCUT2D eigenvalue weighted by Gasteiger charge is -2.17. The van der Waals surface area contributed by atoms with Crippen molar-refractivity contribution in [3.63, 3.8) is 0 Å². The van der Waals surface area contributed by atoms with Crippen LogP contribution in [0.2, 0.25) is 0 Å². The third-order valence-electron chi connectivity index (χ3n) is 5.13. The number of nitrogens with one attached hydrogen (secondary N) is 3. The van der Waals surface area contributed by atoms with E-state index in [0.717, 1.165) is 17.3 Å². The van der Waals surface area contributed by atoms with Crippen LogP contribution in [0.3, 0.4) is 0 Å². The van der Waals surface area contributed by atoms with E-state index in [-0.39, 0.29) is 28.5 Å². The number of carbonyl (C=O) groups excluding carboxylic acids is 2. The first-order valence-corrected chi connectivity index (χ1v) is 9.80. The predicted octanol–water partition coefficient (Wildman–Crippen LogP) is 4.61. The molecular weight excluding hydrogens is 421 g/mol. The Labute approximate surface area is 181 Å². The minimum Gasteiger partial charge on any atom is -0.355 e. The number of fused-ring (bicyclic) bond motifs is 1. The molecule has 1 heterocycles. The number of benzene rings is 2. The molecule has 0 saturated carbocycles. The molecule has 32 heavy (non-hydrogen) atoms. The maximum atomic E-state index is 13.6. The fourth-order valence-corrected chi connectivity index (χ4v) is 3.60. The van der Waals surface area contributed by atoms with Crippen LogP contribution < -0.4 is 16.0 Å². The summed E-state index contributed by atoms with van der Waals surface area (Å²) in [6, 6.07) is 12.9. The number of nitrogens with zero attached hydrogens (tertiary/aromatic N) is 1. The zero-order valence-corrected chi connectivity index (χ0v) is 17.0. The van der Waals surface area contributed by atoms with Gasteiger partial charge in [0, 0.05) is 37.8 Å². The van der Waals surface area contributed by atoms with E-state index in [1.54, 1.807) is 24.3 Å². The SMILES string of the molecule is CNC(=O)c1ccccc1Nc1cc(Nc2ccc3c(c2)CC(=O)C3)ncc1C(F)(F)F. The van der Waals surface area contributed by atoms with E-state index in [9.17, 15) is 22.8 Å². The van der Waals surface area contributed by atoms with Gasteiger partial charge in [-0.05, 0) is 35.4 Å². The Morgan fingerprint density at radius 2 is 1.72 bits per heavy atom. The topological polar surface area (TPSA) is 83.1 Å². The summed E-state index contributed by atoms with van der Waals surface area (Å²) in [7, 11) is 1.44. The first kappa shape index (κ1) is 21.4. The maximum Gasteiger partial charge on any atom is 0.419 e. The van der Waals surface area contributed by atoms with Crippen molar-refractivity contribution >= 4 is 34.6 Å². The molecule has 9 heteroatoms. The lowest BCUT2D eigenvalue weighted by molar-refractivity contribution is -0.137. The zero-order valence-electron chi connectivity index (χ0n) is 17.0. The lowest BCUT2D eigenvalue weighted by Crippen LogP contribution is -2.19. The van der Waals surface area contributed by atoms with Crippen LogP contribution in [-0.2, 0) is 23.8 Å². The van der Waals surface area contributed by atoms with Gasteiger partial charge in [0.15, 0.2) is 0 Å². The molecule has 1 aliphatic rings. The molecule has 0 unspecified atom stereocenters. The minimum atomic E-state index is -4.65. The average Bonchev–Trinajstić information content (AvgIpc) is 3.12. The molecule has 1 aromatic heterocycles. The number of para-hydroxylation sites is 1. The highest BCUT2D eigenvalue weighted by atomic mass is 19.4. The van der Waals surface area contributed by atoms with Gasteiger partial charge in [-0.25, -0.2) is 4.98 Å². The number of pyridine rings is 1. The van der Waals surface area contributed by atoms with E-state index in [1.165, 1.54) is 25.2 Å². The van der Waals surface area contributed by atoms with Gasteiger partial charge in [-0.15, -0.1) is 0 Å². The largest absolute Gasteiger partial charge is 0.419 e. The van der Waals surface area contributed by atoms with Gasteiger partial charge in [0.05, 0.1) is 22.5 Å². The second-order valence-electron chi connectivity index (χ2n) is 7.36. The fourth-order valence-electron chi connectivity index (χ4n) is 3.60. The van der Waals surface area contributed by atoms with Gasteiger partial charge in [-0.3, -0.25) is 9.59 Å². The monoisotopic (exact) mass is 440 g/mol. The van der Waals surface area contributed by atoms with Crippen molar-refractivity contribution < 1.29 is 22.8 Å². The van der Waals surface area contributed by atoms with Crippen molar-refractivity contribution in [2.75, 3.05) is 17.7 Å². The van der Waals surface area contributed by atoms with Crippen molar-refractivity contribution in [3.05, 3.63) is 77.0 Å². The number of Topliss-reactive ketones (excluding diaryl/α,β-unsaturated/α-hetero) is 1. The first-order chi connectivity index (χ1) is 15.2. The molecule has 0 spiro atoms. The highest BCUT2D eigenvalue weighted by Gasteiger charge is 2.34. The molecule has 0 atom stereocenters. The van der Waals surface area contributed by atoms with Crippen molar-refractivity contribution in [1.82, 2.24) is 10.3 Å². The third-order valence-corrected chi connectivity index (χ3v) is 5.13. The molecule has 0 aliphatic heterocycles. The Morgan fingerprint density at radius 3 is 2.47 bits per heavy atom. The Balaban J connectivity index is 1.68. The Bertz CT molecular complexity index is 1210. The summed E-state index contributed by atoms with van der Waals surface area (Å²) in [5, 5.41) is 8.19. The molecule has 3 aromatic rings. The summed E-state index contributed by atoms with van der Waals surface area (Å²) in [6.45, 7) is 0. The van der Waals surface area contributed by atoms with Crippen LogP contribution in [-0.4, -0.2) is 23.7 Å². The number of carbonyl (C=O) groups is 2. The number of anilines is 4. The van der Waals surface area contributed by atoms with E-state index >= 15 is 0 Å². The van der Waals surface area contributed by atoms with Crippen molar-refractivity contribution in [1.29, 1.82) is 0 Å². The minimum absolute atomic E-state index is 0.131. The van der Waals surface area contributed by atoms with Crippen LogP contribution in [0.25, 0.3) is 0 Å². The molecule has 0 saturated heterocycles. The van der Waals surface area contributed by atoms with Crippen LogP contribution in [0.5, 0.6) is 0 Å². The number of amides is 1. The van der Waals surface area contributed by atoms with Crippen molar-refractivity contribution in [2.45, 2.75) is 19.0 Å². The van der Waals surface area contributed by atoms with E-state index in [4.69, 9.17) is 0 Å². The number of rotatable bonds is 5. The number of aromatic nitrogens is 1. The Kier molecular flexibility index (Phi) is 5.56. The van der Waals surface area contributed by atoms with E-state index in [1.807, 2.05) is 6.07 Å². The highest BCUT2D eigenvalue weighted by Crippen LogP contribution is 2.37. The fraction of sp³-hybridized carbons (Fsp3) is 0.174. The maximum absolute atomic E-state index is 13.6. The van der Waals surface area contributed by atoms with Crippen molar-refractivity contribution in [2.24, 2.45) is 0 Å². The summed E-state index contributed by atoms with van der Waals surface area (Å²) in [5.74, 6) is -0.116. The summed E-state index contributed by atoms with van der Waals surface area (Å²) in [6.07, 6.45) is -3.17. The summed E-state index contributed by atoms with van der Waals surface area (Å²) < 4.78 is 40.8. The summed E-state index contributed by atoms with van der Waals surface area (Å²) in [4.78, 5) is 27.7. The lowest BCUT2D eigenvalue weighted by atomic mass is 10.1. The van der Waals surface area contributed by atoms with Gasteiger partial charge < -0.3 is 16.0 Å². The molecule has 2 aromatic carbocycles. The van der Waals surface area contributed by atoms with Gasteiger partial charge in [-0.1, -0.05) is 18.2 Å². The van der Waals surface area contributed by atoms with Crippen LogP contribution in [0.4, 0.5) is 36.1 Å². The first-order valence-electron chi connectivity index (χ1n) is 9.80. The number of alkyl halides is 3. The van der Waals surface area contributed by atoms with E-state index in [2.05, 4.69) is 20.9 Å². The number of hydrogen-bond acceptors (Lipinski definition) is 5. The Hall–Kier alpha value is -3.88. The van der Waals surface area contributed by atoms with Crippen molar-refractivity contribution in [3.8, 4) is 0 Å². The second kappa shape index (κ2) is 8.33. The average molecular weight is 440 g/mol. The van der Waals surface area contributed by atoms with E-state index in [0.29, 0.717) is 18.5 Å². The highest BCUT2D eigenvalue weighted by molar-refractivity contribution is 6.00. The molecule has 1 amide bonds. The smallest absolute Gasteiger partial charge is 0.355 e. The molecule has 0 radical (unpaired) electrons. The zero-order chi connectivity index (χ0) is 22.9. The third kappa shape index (κ3) is 4.41. The molecule has 4 rings (SSSR count). The van der Waals surface area contributed by atoms with Gasteiger partial charge in [0.25, 0.3) is 5.91 Å².